The summed E-state index contributed by atoms with van der Waals surface area (Å²) in [7, 11) is 0. The Kier molecular flexibility index (Phi) is 7.97. The molecule has 0 bridgehead atoms. The van der Waals surface area contributed by atoms with E-state index in [0.717, 1.165) is 24.8 Å². The van der Waals surface area contributed by atoms with Gasteiger partial charge < -0.3 is 14.6 Å². The molecule has 1 saturated heterocycles. The lowest BCUT2D eigenvalue weighted by atomic mass is 9.98. The summed E-state index contributed by atoms with van der Waals surface area (Å²) in [5, 5.41) is 10.3. The Bertz CT molecular complexity index is 471. The first kappa shape index (κ1) is 19.9. The van der Waals surface area contributed by atoms with Crippen LogP contribution in [0.15, 0.2) is 47.6 Å². The van der Waals surface area contributed by atoms with E-state index in [9.17, 15) is 5.11 Å². The first-order valence-corrected chi connectivity index (χ1v) is 8.39. The highest BCUT2D eigenvalue weighted by atomic mass is 16.7. The highest BCUT2D eigenvalue weighted by Crippen LogP contribution is 2.23. The summed E-state index contributed by atoms with van der Waals surface area (Å²) in [6, 6.07) is 0. The van der Waals surface area contributed by atoms with Crippen molar-refractivity contribution in [2.24, 2.45) is 0 Å². The fraction of sp³-hybridized carbons (Fsp3) is 0.600. The van der Waals surface area contributed by atoms with Gasteiger partial charge in [-0.15, -0.1) is 0 Å². The number of rotatable bonds is 8. The van der Waals surface area contributed by atoms with E-state index in [-0.39, 0.29) is 0 Å². The summed E-state index contributed by atoms with van der Waals surface area (Å²) < 4.78 is 11.1. The molecule has 3 nitrogen and oxygen atoms in total. The molecule has 130 valence electrons. The summed E-state index contributed by atoms with van der Waals surface area (Å²) >= 11 is 0. The zero-order valence-corrected chi connectivity index (χ0v) is 15.3. The van der Waals surface area contributed by atoms with E-state index >= 15 is 0 Å². The predicted octanol–water partition coefficient (Wildman–Crippen LogP) is 4.70. The highest BCUT2D eigenvalue weighted by molar-refractivity contribution is 5.23. The maximum absolute atomic E-state index is 10.3. The monoisotopic (exact) mass is 320 g/mol. The Balaban J connectivity index is 2.43. The second kappa shape index (κ2) is 9.21. The summed E-state index contributed by atoms with van der Waals surface area (Å²) in [6.07, 6.45) is 14.4. The Morgan fingerprint density at radius 1 is 1.22 bits per heavy atom. The minimum absolute atomic E-state index is 0.471. The van der Waals surface area contributed by atoms with E-state index in [1.54, 1.807) is 0 Å². The zero-order valence-electron chi connectivity index (χ0n) is 15.3. The molecule has 1 unspecified atom stereocenters. The van der Waals surface area contributed by atoms with Crippen LogP contribution in [0.2, 0.25) is 0 Å². The van der Waals surface area contributed by atoms with Gasteiger partial charge in [0, 0.05) is 6.42 Å². The molecule has 0 aliphatic carbocycles. The van der Waals surface area contributed by atoms with Crippen molar-refractivity contribution in [1.29, 1.82) is 0 Å². The van der Waals surface area contributed by atoms with Gasteiger partial charge in [0.05, 0.1) is 18.8 Å². The third-order valence-electron chi connectivity index (χ3n) is 3.78. The van der Waals surface area contributed by atoms with Crippen LogP contribution in [0.3, 0.4) is 0 Å². The number of allylic oxidation sites excluding steroid dienone is 6. The van der Waals surface area contributed by atoms with Crippen molar-refractivity contribution < 1.29 is 14.6 Å². The fourth-order valence-corrected chi connectivity index (χ4v) is 2.33. The Morgan fingerprint density at radius 2 is 1.87 bits per heavy atom. The van der Waals surface area contributed by atoms with Gasteiger partial charge >= 0.3 is 0 Å². The van der Waals surface area contributed by atoms with Crippen LogP contribution in [0.5, 0.6) is 0 Å². The summed E-state index contributed by atoms with van der Waals surface area (Å²) in [5.41, 5.74) is 1.64. The lowest BCUT2D eigenvalue weighted by Crippen LogP contribution is -2.24. The molecule has 1 N–H and O–H groups in total. The maximum atomic E-state index is 10.3. The van der Waals surface area contributed by atoms with Gasteiger partial charge in [-0.3, -0.25) is 0 Å². The van der Waals surface area contributed by atoms with Crippen LogP contribution in [0, 0.1) is 0 Å². The van der Waals surface area contributed by atoms with Crippen LogP contribution in [-0.2, 0) is 9.47 Å². The van der Waals surface area contributed by atoms with Crippen LogP contribution < -0.4 is 0 Å². The van der Waals surface area contributed by atoms with E-state index in [1.165, 1.54) is 5.57 Å². The Morgan fingerprint density at radius 3 is 2.48 bits per heavy atom. The minimum Gasteiger partial charge on any atom is -0.386 e. The fourth-order valence-electron chi connectivity index (χ4n) is 2.33. The van der Waals surface area contributed by atoms with Crippen LogP contribution in [0.1, 0.15) is 53.9 Å². The van der Waals surface area contributed by atoms with Gasteiger partial charge in [0.25, 0.3) is 0 Å². The molecule has 23 heavy (non-hydrogen) atoms. The molecule has 1 rings (SSSR count). The van der Waals surface area contributed by atoms with Crippen molar-refractivity contribution in [2.45, 2.75) is 65.3 Å². The molecular formula is C20H32O3. The van der Waals surface area contributed by atoms with Gasteiger partial charge in [-0.2, -0.15) is 0 Å². The Hall–Kier alpha value is -1.16. The molecule has 0 aromatic rings. The lowest BCUT2D eigenvalue weighted by Gasteiger charge is -2.19. The van der Waals surface area contributed by atoms with Crippen molar-refractivity contribution in [2.75, 3.05) is 13.2 Å². The maximum Gasteiger partial charge on any atom is 0.169 e. The summed E-state index contributed by atoms with van der Waals surface area (Å²) in [6.45, 7) is 11.3. The van der Waals surface area contributed by atoms with Crippen molar-refractivity contribution in [3.63, 3.8) is 0 Å². The van der Waals surface area contributed by atoms with Gasteiger partial charge in [0.15, 0.2) is 5.79 Å². The summed E-state index contributed by atoms with van der Waals surface area (Å²) in [5.74, 6) is -0.471. The lowest BCUT2D eigenvalue weighted by molar-refractivity contribution is -0.138. The zero-order chi connectivity index (χ0) is 17.3. The van der Waals surface area contributed by atoms with Crippen LogP contribution in [0.4, 0.5) is 0 Å². The van der Waals surface area contributed by atoms with E-state index in [2.05, 4.69) is 32.1 Å². The number of ether oxygens (including phenoxy) is 2. The van der Waals surface area contributed by atoms with Gasteiger partial charge in [0.1, 0.15) is 0 Å². The first-order valence-electron chi connectivity index (χ1n) is 8.39. The molecule has 1 heterocycles. The molecule has 3 heteroatoms. The van der Waals surface area contributed by atoms with Gasteiger partial charge in [-0.05, 0) is 47.5 Å². The van der Waals surface area contributed by atoms with E-state index < -0.39 is 11.4 Å². The van der Waals surface area contributed by atoms with Crippen molar-refractivity contribution in [3.8, 4) is 0 Å². The number of aliphatic hydroxyl groups is 1. The topological polar surface area (TPSA) is 38.7 Å². The van der Waals surface area contributed by atoms with Crippen LogP contribution in [0.25, 0.3) is 0 Å². The van der Waals surface area contributed by atoms with Gasteiger partial charge in [-0.1, -0.05) is 47.6 Å². The predicted molar refractivity (Wildman–Crippen MR) is 96.3 cm³/mol. The molecule has 1 aliphatic rings. The van der Waals surface area contributed by atoms with Crippen molar-refractivity contribution in [1.82, 2.24) is 0 Å². The SMILES string of the molecule is CC(C)=CCCC(C)(O)C=CC=C(C)C=CCC1(C)OCCO1. The van der Waals surface area contributed by atoms with Crippen molar-refractivity contribution in [3.05, 3.63) is 47.6 Å². The van der Waals surface area contributed by atoms with E-state index in [0.29, 0.717) is 13.2 Å². The molecule has 0 saturated carbocycles. The molecular weight excluding hydrogens is 288 g/mol. The number of hydrogen-bond acceptors (Lipinski definition) is 3. The second-order valence-corrected chi connectivity index (χ2v) is 6.88. The quantitative estimate of drug-likeness (QED) is 0.520. The van der Waals surface area contributed by atoms with E-state index in [1.807, 2.05) is 39.0 Å². The normalized spacial score (nSPS) is 21.0. The molecule has 0 aromatic heterocycles. The van der Waals surface area contributed by atoms with E-state index in [4.69, 9.17) is 9.47 Å². The smallest absolute Gasteiger partial charge is 0.169 e. The standard InChI is InChI=1S/C20H32O3/c1-17(2)9-6-12-19(4,21)13-7-10-18(3)11-8-14-20(5)22-15-16-23-20/h7-11,13,21H,6,12,14-16H2,1-5H3. The van der Waals surface area contributed by atoms with Gasteiger partial charge in [0.2, 0.25) is 0 Å². The van der Waals surface area contributed by atoms with Crippen LogP contribution in [-0.4, -0.2) is 29.7 Å². The Labute approximate surface area is 141 Å². The third-order valence-corrected chi connectivity index (χ3v) is 3.78. The number of hydrogen-bond donors (Lipinski definition) is 1. The molecule has 1 aliphatic heterocycles. The average Bonchev–Trinajstić information content (AvgIpc) is 2.84. The van der Waals surface area contributed by atoms with Gasteiger partial charge in [-0.25, -0.2) is 0 Å². The molecule has 0 radical (unpaired) electrons. The highest BCUT2D eigenvalue weighted by Gasteiger charge is 2.29. The average molecular weight is 320 g/mol. The molecule has 0 amide bonds. The minimum atomic E-state index is -0.772. The first-order chi connectivity index (χ1) is 10.7. The largest absolute Gasteiger partial charge is 0.386 e. The third kappa shape index (κ3) is 8.89. The molecule has 1 atom stereocenters. The molecule has 1 fully saturated rings. The molecule has 0 spiro atoms. The second-order valence-electron chi connectivity index (χ2n) is 6.88. The van der Waals surface area contributed by atoms with Crippen LogP contribution >= 0.6 is 0 Å². The summed E-state index contributed by atoms with van der Waals surface area (Å²) in [4.78, 5) is 0. The molecule has 0 aromatic carbocycles. The van der Waals surface area contributed by atoms with Crippen molar-refractivity contribution >= 4 is 0 Å².